The van der Waals surface area contributed by atoms with Crippen LogP contribution in [0.3, 0.4) is 0 Å². The van der Waals surface area contributed by atoms with Gasteiger partial charge in [0.15, 0.2) is 6.10 Å². The van der Waals surface area contributed by atoms with Crippen LogP contribution in [0.15, 0.2) is 60.8 Å². The summed E-state index contributed by atoms with van der Waals surface area (Å²) in [5.74, 6) is -1.02. The van der Waals surface area contributed by atoms with Gasteiger partial charge in [-0.25, -0.2) is 4.57 Å². The van der Waals surface area contributed by atoms with E-state index in [0.29, 0.717) is 25.7 Å². The van der Waals surface area contributed by atoms with Crippen molar-refractivity contribution in [3.05, 3.63) is 60.8 Å². The fraction of sp³-hybridized carbons (Fsp3) is 0.733. The second-order valence-electron chi connectivity index (χ2n) is 14.5. The number of phosphoric acid groups is 1. The van der Waals surface area contributed by atoms with Gasteiger partial charge in [-0.1, -0.05) is 164 Å². The molecule has 0 spiro atoms. The van der Waals surface area contributed by atoms with Gasteiger partial charge in [0.25, 0.3) is 0 Å². The quantitative estimate of drug-likeness (QED) is 0.0182. The summed E-state index contributed by atoms with van der Waals surface area (Å²) in [6, 6.07) is 0. The van der Waals surface area contributed by atoms with Crippen molar-refractivity contribution in [2.75, 3.05) is 13.2 Å². The van der Waals surface area contributed by atoms with Crippen LogP contribution in [-0.2, 0) is 28.2 Å². The van der Waals surface area contributed by atoms with Gasteiger partial charge in [-0.05, 0) is 70.6 Å². The van der Waals surface area contributed by atoms with E-state index in [9.17, 15) is 19.3 Å². The molecular weight excluding hydrogens is 715 g/mol. The number of ether oxygens (including phenoxy) is 2. The largest absolute Gasteiger partial charge is 0.469 e. The summed E-state index contributed by atoms with van der Waals surface area (Å²) >= 11 is 0. The van der Waals surface area contributed by atoms with E-state index < -0.39 is 38.6 Å². The predicted octanol–water partition coefficient (Wildman–Crippen LogP) is 12.3. The molecule has 0 aromatic heterocycles. The van der Waals surface area contributed by atoms with Crippen molar-refractivity contribution in [1.29, 1.82) is 0 Å². The van der Waals surface area contributed by atoms with Crippen molar-refractivity contribution in [2.24, 2.45) is 0 Å². The van der Waals surface area contributed by atoms with E-state index >= 15 is 0 Å². The first kappa shape index (κ1) is 52.7. The number of hydrogen-bond donors (Lipinski definition) is 3. The summed E-state index contributed by atoms with van der Waals surface area (Å²) in [5, 5.41) is 10.1. The zero-order chi connectivity index (χ0) is 40.5. The molecule has 3 N–H and O–H groups in total. The van der Waals surface area contributed by atoms with E-state index in [4.69, 9.17) is 19.3 Å². The number of esters is 2. The van der Waals surface area contributed by atoms with Gasteiger partial charge in [-0.3, -0.25) is 14.1 Å². The van der Waals surface area contributed by atoms with Gasteiger partial charge in [0.1, 0.15) is 6.61 Å². The fourth-order valence-electron chi connectivity index (χ4n) is 5.79. The fourth-order valence-corrected chi connectivity index (χ4v) is 6.15. The molecule has 0 rings (SSSR count). The summed E-state index contributed by atoms with van der Waals surface area (Å²) in [6.07, 6.45) is 46.8. The molecule has 0 bridgehead atoms. The Labute approximate surface area is 335 Å². The molecule has 0 saturated heterocycles. The summed E-state index contributed by atoms with van der Waals surface area (Å²) in [4.78, 5) is 42.9. The van der Waals surface area contributed by atoms with Gasteiger partial charge in [0.05, 0.1) is 12.7 Å². The molecule has 0 heterocycles. The molecule has 0 saturated carbocycles. The summed E-state index contributed by atoms with van der Waals surface area (Å²) < 4.78 is 26.3. The van der Waals surface area contributed by atoms with Crippen LogP contribution >= 0.6 is 7.82 Å². The lowest BCUT2D eigenvalue weighted by Crippen LogP contribution is -2.29. The lowest BCUT2D eigenvalue weighted by atomic mass is 10.1. The smallest absolute Gasteiger partial charge is 0.462 e. The average Bonchev–Trinajstić information content (AvgIpc) is 3.15. The monoisotopic (exact) mass is 795 g/mol. The molecule has 318 valence electrons. The minimum Gasteiger partial charge on any atom is -0.462 e. The molecule has 55 heavy (non-hydrogen) atoms. The lowest BCUT2D eigenvalue weighted by molar-refractivity contribution is -0.161. The zero-order valence-electron chi connectivity index (χ0n) is 34.7. The molecule has 0 aliphatic rings. The van der Waals surface area contributed by atoms with Crippen molar-refractivity contribution in [1.82, 2.24) is 0 Å². The Balaban J connectivity index is 4.07. The molecule has 0 aromatic carbocycles. The van der Waals surface area contributed by atoms with E-state index in [2.05, 4.69) is 48.8 Å². The Kier molecular flexibility index (Phi) is 38.3. The topological polar surface area (TPSA) is 140 Å². The Morgan fingerprint density at radius 2 is 1.05 bits per heavy atom. The van der Waals surface area contributed by atoms with E-state index in [1.165, 1.54) is 103 Å². The zero-order valence-corrected chi connectivity index (χ0v) is 35.6. The SMILES string of the molecule is CCCCC/C=C\C/C=C\CC(O)/C=C\C=C\CCCC(=O)OC[C@H](COP(=O)(O)O)OC(=O)CCCCCCCCCCC/C=C\CCCCCCCC. The van der Waals surface area contributed by atoms with Gasteiger partial charge >= 0.3 is 19.8 Å². The van der Waals surface area contributed by atoms with Crippen molar-refractivity contribution >= 4 is 19.8 Å². The first-order valence-corrected chi connectivity index (χ1v) is 23.2. The van der Waals surface area contributed by atoms with Crippen LogP contribution in [0, 0.1) is 0 Å². The highest BCUT2D eigenvalue weighted by Gasteiger charge is 2.22. The summed E-state index contributed by atoms with van der Waals surface area (Å²) in [5.41, 5.74) is 0. The van der Waals surface area contributed by atoms with Crippen molar-refractivity contribution < 1.29 is 43.0 Å². The maximum atomic E-state index is 12.4. The second kappa shape index (κ2) is 39.9. The number of rotatable bonds is 39. The third kappa shape index (κ3) is 42.7. The van der Waals surface area contributed by atoms with Gasteiger partial charge in [-0.2, -0.15) is 0 Å². The normalized spacial score (nSPS) is 13.6. The van der Waals surface area contributed by atoms with E-state index in [-0.39, 0.29) is 19.4 Å². The van der Waals surface area contributed by atoms with Crippen molar-refractivity contribution in [3.8, 4) is 0 Å². The standard InChI is InChI=1S/C45H79O9P/c1-3-5-7-9-11-13-14-15-16-17-18-19-20-21-22-24-26-30-35-39-45(48)54-43(41-53-55(49,50)51)40-52-44(47)38-34-31-27-29-33-37-42(46)36-32-28-25-23-12-10-8-6-4-2/h12,15-16,23,27-29,32-33,37,42-43,46H,3-11,13-14,17-22,24-26,30-31,34-36,38-41H2,1-2H3,(H2,49,50,51)/b16-15-,23-12-,29-27+,32-28-,37-33-/t42?,43-/m1/s1. The number of aliphatic hydroxyl groups excluding tert-OH is 1. The number of hydrogen-bond acceptors (Lipinski definition) is 7. The second-order valence-corrected chi connectivity index (χ2v) is 15.8. The molecule has 2 atom stereocenters. The molecular formula is C45H79O9P. The third-order valence-electron chi connectivity index (χ3n) is 9.09. The first-order chi connectivity index (χ1) is 26.7. The Bertz CT molecular complexity index is 1090. The number of unbranched alkanes of at least 4 members (excludes halogenated alkanes) is 19. The highest BCUT2D eigenvalue weighted by molar-refractivity contribution is 7.46. The van der Waals surface area contributed by atoms with E-state index in [0.717, 1.165) is 32.1 Å². The minimum atomic E-state index is -4.79. The Morgan fingerprint density at radius 3 is 1.67 bits per heavy atom. The van der Waals surface area contributed by atoms with Crippen LogP contribution in [0.25, 0.3) is 0 Å². The van der Waals surface area contributed by atoms with Crippen LogP contribution in [0.1, 0.15) is 187 Å². The first-order valence-electron chi connectivity index (χ1n) is 21.7. The maximum absolute atomic E-state index is 12.4. The van der Waals surface area contributed by atoms with E-state index in [1.54, 1.807) is 12.2 Å². The average molecular weight is 795 g/mol. The highest BCUT2D eigenvalue weighted by Crippen LogP contribution is 2.36. The minimum absolute atomic E-state index is 0.130. The molecule has 0 fully saturated rings. The molecule has 10 heteroatoms. The number of phosphoric ester groups is 1. The number of allylic oxidation sites excluding steroid dienone is 8. The van der Waals surface area contributed by atoms with Crippen LogP contribution in [-0.4, -0.2) is 52.3 Å². The lowest BCUT2D eigenvalue weighted by Gasteiger charge is -2.18. The predicted molar refractivity (Wildman–Crippen MR) is 227 cm³/mol. The Hall–Kier alpha value is -2.29. The van der Waals surface area contributed by atoms with Crippen molar-refractivity contribution in [3.63, 3.8) is 0 Å². The highest BCUT2D eigenvalue weighted by atomic mass is 31.2. The van der Waals surface area contributed by atoms with Gasteiger partial charge < -0.3 is 24.4 Å². The Morgan fingerprint density at radius 1 is 0.564 bits per heavy atom. The summed E-state index contributed by atoms with van der Waals surface area (Å²) in [7, 11) is -4.79. The van der Waals surface area contributed by atoms with Crippen LogP contribution in [0.4, 0.5) is 0 Å². The van der Waals surface area contributed by atoms with Crippen LogP contribution < -0.4 is 0 Å². The number of aliphatic hydroxyl groups is 1. The van der Waals surface area contributed by atoms with Crippen LogP contribution in [0.5, 0.6) is 0 Å². The van der Waals surface area contributed by atoms with Gasteiger partial charge in [-0.15, -0.1) is 0 Å². The number of carbonyl (C=O) groups is 2. The number of carbonyl (C=O) groups excluding carboxylic acids is 2. The molecule has 0 aliphatic carbocycles. The van der Waals surface area contributed by atoms with Crippen molar-refractivity contribution in [2.45, 2.75) is 199 Å². The molecule has 0 aromatic rings. The molecule has 0 radical (unpaired) electrons. The third-order valence-corrected chi connectivity index (χ3v) is 9.57. The molecule has 9 nitrogen and oxygen atoms in total. The molecule has 0 aliphatic heterocycles. The van der Waals surface area contributed by atoms with Gasteiger partial charge in [0, 0.05) is 12.8 Å². The van der Waals surface area contributed by atoms with Gasteiger partial charge in [0.2, 0.25) is 0 Å². The van der Waals surface area contributed by atoms with E-state index in [1.807, 2.05) is 18.2 Å². The molecule has 0 amide bonds. The summed E-state index contributed by atoms with van der Waals surface area (Å²) in [6.45, 7) is 3.53. The van der Waals surface area contributed by atoms with Crippen LogP contribution in [0.2, 0.25) is 0 Å². The maximum Gasteiger partial charge on any atom is 0.469 e. The molecule has 1 unspecified atom stereocenters.